The number of halogens is 3. The van der Waals surface area contributed by atoms with Crippen LogP contribution in [0.1, 0.15) is 24.1 Å². The molecule has 3 atom stereocenters. The number of carbonyl (C=O) groups excluding carboxylic acids is 1. The van der Waals surface area contributed by atoms with Crippen LogP contribution in [0.15, 0.2) is 65.5 Å². The summed E-state index contributed by atoms with van der Waals surface area (Å²) in [6, 6.07) is 11.1. The number of hydrogen-bond acceptors (Lipinski definition) is 7. The van der Waals surface area contributed by atoms with Crippen molar-refractivity contribution in [1.82, 2.24) is 24.4 Å². The van der Waals surface area contributed by atoms with Crippen LogP contribution < -0.4 is 9.46 Å². The van der Waals surface area contributed by atoms with Gasteiger partial charge in [0.2, 0.25) is 10.0 Å². The third-order valence-corrected chi connectivity index (χ3v) is 11.5. The Morgan fingerprint density at radius 1 is 1.27 bits per heavy atom. The number of methoxy groups -OCH3 is 1. The molecule has 9 nitrogen and oxygen atoms in total. The van der Waals surface area contributed by atoms with Gasteiger partial charge in [0, 0.05) is 37.8 Å². The number of aryl methyl sites for hydroxylation is 1. The van der Waals surface area contributed by atoms with Crippen molar-refractivity contribution < 1.29 is 31.1 Å². The highest BCUT2D eigenvalue weighted by Gasteiger charge is 2.36. The molecule has 1 N–H and O–H groups in total. The van der Waals surface area contributed by atoms with Gasteiger partial charge >= 0.3 is 6.18 Å². The van der Waals surface area contributed by atoms with Crippen molar-refractivity contribution in [2.24, 2.45) is 18.9 Å². The zero-order valence-electron chi connectivity index (χ0n) is 24.5. The first-order chi connectivity index (χ1) is 21.3. The van der Waals surface area contributed by atoms with Gasteiger partial charge < -0.3 is 9.64 Å². The van der Waals surface area contributed by atoms with Crippen LogP contribution >= 0.6 is 24.0 Å². The zero-order valence-corrected chi connectivity index (χ0v) is 27.0. The molecule has 0 aliphatic carbocycles. The van der Waals surface area contributed by atoms with Gasteiger partial charge in [-0.3, -0.25) is 14.5 Å². The van der Waals surface area contributed by atoms with Crippen LogP contribution in [0.3, 0.4) is 0 Å². The number of aromatic nitrogens is 3. The van der Waals surface area contributed by atoms with Crippen molar-refractivity contribution in [2.75, 3.05) is 20.2 Å². The first-order valence-corrected chi connectivity index (χ1v) is 16.8. The van der Waals surface area contributed by atoms with E-state index >= 15 is 0 Å². The van der Waals surface area contributed by atoms with Crippen LogP contribution in [0.5, 0.6) is 5.75 Å². The lowest BCUT2D eigenvalue weighted by atomic mass is 9.79. The molecule has 3 aromatic heterocycles. The topological polar surface area (TPSA) is 106 Å². The summed E-state index contributed by atoms with van der Waals surface area (Å²) in [6.07, 6.45) is 0.660. The molecule has 4 heterocycles. The molecule has 1 aliphatic heterocycles. The number of amides is 1. The van der Waals surface area contributed by atoms with E-state index in [1.807, 2.05) is 24.3 Å². The standard InChI is InChI=1S/C30H32F3N5O4S3/c1-4-18(17-35-45(40,41)28-8-7-26(44-28)25-16-27(30(31,32)33)37(2)36-25)19-10-12-38(29(39)43)21(13-19)14-20-9-11-34-24-6-5-22(42-3)15-23(20)24/h4-9,11,15-16,18-19,21,35H,1,10,12-14,17H2,2-3H3,(H,39,43)/t18-,19-,21-/m0/s1. The number of likely N-dealkylation sites (tertiary alicyclic amines) is 1. The van der Waals surface area contributed by atoms with Gasteiger partial charge in [0.1, 0.15) is 21.3 Å². The molecular weight excluding hydrogens is 648 g/mol. The molecule has 15 heteroatoms. The average molecular weight is 680 g/mol. The van der Waals surface area contributed by atoms with Crippen molar-refractivity contribution in [3.8, 4) is 16.3 Å². The summed E-state index contributed by atoms with van der Waals surface area (Å²) >= 11 is 4.97. The fourth-order valence-corrected chi connectivity index (χ4v) is 8.47. The number of nitrogens with zero attached hydrogens (tertiary/aromatic N) is 4. The minimum absolute atomic E-state index is 0.0231. The maximum atomic E-state index is 13.2. The summed E-state index contributed by atoms with van der Waals surface area (Å²) < 4.78 is 74.8. The Morgan fingerprint density at radius 3 is 2.71 bits per heavy atom. The van der Waals surface area contributed by atoms with Crippen molar-refractivity contribution in [1.29, 1.82) is 0 Å². The second kappa shape index (κ2) is 13.1. The van der Waals surface area contributed by atoms with Gasteiger partial charge in [0.25, 0.3) is 5.24 Å². The number of hydrogen-bond donors (Lipinski definition) is 2. The Labute approximate surface area is 268 Å². The molecule has 45 heavy (non-hydrogen) atoms. The number of sulfonamides is 1. The van der Waals surface area contributed by atoms with Gasteiger partial charge in [0.05, 0.1) is 17.5 Å². The summed E-state index contributed by atoms with van der Waals surface area (Å²) in [7, 11) is -1.19. The van der Waals surface area contributed by atoms with Crippen LogP contribution in [0.2, 0.25) is 0 Å². The van der Waals surface area contributed by atoms with Crippen molar-refractivity contribution in [2.45, 2.75) is 35.7 Å². The number of piperidine rings is 1. The Kier molecular flexibility index (Phi) is 9.63. The van der Waals surface area contributed by atoms with E-state index in [1.165, 1.54) is 19.2 Å². The number of carbonyl (C=O) groups is 1. The Balaban J connectivity index is 1.30. The number of fused-ring (bicyclic) bond motifs is 1. The molecule has 1 saturated heterocycles. The average Bonchev–Trinajstić information content (AvgIpc) is 3.65. The van der Waals surface area contributed by atoms with E-state index < -0.39 is 21.9 Å². The van der Waals surface area contributed by atoms with Crippen LogP contribution in [-0.2, 0) is 29.7 Å². The number of rotatable bonds is 10. The van der Waals surface area contributed by atoms with E-state index in [9.17, 15) is 26.4 Å². The molecular formula is C30H32F3N5O4S3. The number of thiophene rings is 1. The molecule has 5 rings (SSSR count). The molecule has 0 radical (unpaired) electrons. The van der Waals surface area contributed by atoms with Gasteiger partial charge in [-0.15, -0.1) is 17.9 Å². The first kappa shape index (κ1) is 33.0. The highest BCUT2D eigenvalue weighted by atomic mass is 32.2. The summed E-state index contributed by atoms with van der Waals surface area (Å²) in [4.78, 5) is 19.0. The molecule has 1 aliphatic rings. The number of pyridine rings is 1. The zero-order chi connectivity index (χ0) is 32.5. The Morgan fingerprint density at radius 2 is 2.04 bits per heavy atom. The normalized spacial score (nSPS) is 18.2. The third kappa shape index (κ3) is 7.21. The predicted octanol–water partition coefficient (Wildman–Crippen LogP) is 6.18. The number of nitrogens with one attached hydrogen (secondary N) is 1. The van der Waals surface area contributed by atoms with E-state index in [2.05, 4.69) is 34.0 Å². The number of ether oxygens (including phenoxy) is 1. The van der Waals surface area contributed by atoms with Gasteiger partial charge in [-0.05, 0) is 79.1 Å². The van der Waals surface area contributed by atoms with E-state index in [0.29, 0.717) is 36.4 Å². The summed E-state index contributed by atoms with van der Waals surface area (Å²) in [5, 5.41) is 4.51. The molecule has 1 fully saturated rings. The van der Waals surface area contributed by atoms with Gasteiger partial charge in [-0.1, -0.05) is 18.7 Å². The minimum atomic E-state index is -4.58. The molecule has 4 aromatic rings. The fourth-order valence-electron chi connectivity index (χ4n) is 5.83. The van der Waals surface area contributed by atoms with Crippen LogP contribution in [0.4, 0.5) is 18.0 Å². The molecule has 1 aromatic carbocycles. The maximum absolute atomic E-state index is 13.2. The fraction of sp³-hybridized carbons (Fsp3) is 0.367. The van der Waals surface area contributed by atoms with Gasteiger partial charge in [0.15, 0.2) is 0 Å². The largest absolute Gasteiger partial charge is 0.497 e. The van der Waals surface area contributed by atoms with Crippen molar-refractivity contribution >= 4 is 50.1 Å². The molecule has 0 bridgehead atoms. The molecule has 0 unspecified atom stereocenters. The van der Waals surface area contributed by atoms with E-state index in [0.717, 1.165) is 38.6 Å². The summed E-state index contributed by atoms with van der Waals surface area (Å²) in [6.45, 7) is 4.48. The Bertz CT molecular complexity index is 1820. The maximum Gasteiger partial charge on any atom is 0.433 e. The second-order valence-electron chi connectivity index (χ2n) is 10.9. The second-order valence-corrected chi connectivity index (χ2v) is 14.3. The smallest absolute Gasteiger partial charge is 0.433 e. The molecule has 0 spiro atoms. The minimum Gasteiger partial charge on any atom is -0.497 e. The SMILES string of the molecule is C=C[C@@H](CNS(=O)(=O)c1ccc(-c2cc(C(F)(F)F)n(C)n2)s1)[C@H]1CCN(C(=O)S)[C@H](Cc2ccnc3ccc(OC)cc23)C1. The highest BCUT2D eigenvalue weighted by molar-refractivity contribution is 7.96. The van der Waals surface area contributed by atoms with Crippen LogP contribution in [0.25, 0.3) is 21.5 Å². The molecule has 240 valence electrons. The summed E-state index contributed by atoms with van der Waals surface area (Å²) in [5.41, 5.74) is 0.923. The van der Waals surface area contributed by atoms with Gasteiger partial charge in [-0.2, -0.15) is 18.3 Å². The first-order valence-electron chi connectivity index (χ1n) is 14.1. The quantitative estimate of drug-likeness (QED) is 0.153. The highest BCUT2D eigenvalue weighted by Crippen LogP contribution is 2.36. The van der Waals surface area contributed by atoms with Crippen molar-refractivity contribution in [3.05, 3.63) is 72.6 Å². The monoisotopic (exact) mass is 679 g/mol. The number of thiol groups is 1. The van der Waals surface area contributed by atoms with Crippen LogP contribution in [-0.4, -0.2) is 59.6 Å². The van der Waals surface area contributed by atoms with Gasteiger partial charge in [-0.25, -0.2) is 13.1 Å². The van der Waals surface area contributed by atoms with E-state index in [1.54, 1.807) is 24.3 Å². The lowest BCUT2D eigenvalue weighted by molar-refractivity contribution is -0.143. The lowest BCUT2D eigenvalue weighted by Gasteiger charge is -2.41. The van der Waals surface area contributed by atoms with Crippen LogP contribution in [0, 0.1) is 11.8 Å². The van der Waals surface area contributed by atoms with E-state index in [-0.39, 0.29) is 39.6 Å². The number of alkyl halides is 3. The molecule has 0 saturated carbocycles. The van der Waals surface area contributed by atoms with Crippen molar-refractivity contribution in [3.63, 3.8) is 0 Å². The van der Waals surface area contributed by atoms with E-state index in [4.69, 9.17) is 4.74 Å². The number of benzene rings is 1. The lowest BCUT2D eigenvalue weighted by Crippen LogP contribution is -2.47. The Hall–Kier alpha value is -3.40. The predicted molar refractivity (Wildman–Crippen MR) is 170 cm³/mol. The third-order valence-electron chi connectivity index (χ3n) is 8.18. The summed E-state index contributed by atoms with van der Waals surface area (Å²) in [5.74, 6) is 0.483. The molecule has 1 amide bonds.